The van der Waals surface area contributed by atoms with Crippen molar-refractivity contribution in [3.63, 3.8) is 0 Å². The van der Waals surface area contributed by atoms with Gasteiger partial charge in [0, 0.05) is 29.0 Å². The molecule has 0 aromatic heterocycles. The third-order valence-electron chi connectivity index (χ3n) is 6.81. The summed E-state index contributed by atoms with van der Waals surface area (Å²) in [7, 11) is 0. The molecule has 1 saturated heterocycles. The summed E-state index contributed by atoms with van der Waals surface area (Å²) in [5.41, 5.74) is -0.368. The number of rotatable bonds is 4. The van der Waals surface area contributed by atoms with Crippen LogP contribution in [0.15, 0.2) is 42.5 Å². The fraction of sp³-hybridized carbons (Fsp3) is 0.400. The summed E-state index contributed by atoms with van der Waals surface area (Å²) in [6.07, 6.45) is -2.76. The van der Waals surface area contributed by atoms with Gasteiger partial charge in [0.05, 0.1) is 12.2 Å². The van der Waals surface area contributed by atoms with Gasteiger partial charge in [0.15, 0.2) is 0 Å². The van der Waals surface area contributed by atoms with Crippen LogP contribution in [0.5, 0.6) is 0 Å². The average molecular weight is 443 g/mol. The zero-order valence-electron chi connectivity index (χ0n) is 17.6. The van der Waals surface area contributed by atoms with Gasteiger partial charge in [0.25, 0.3) is 5.78 Å². The molecule has 2 aliphatic heterocycles. The Morgan fingerprint density at radius 1 is 1.19 bits per heavy atom. The molecule has 0 aliphatic carbocycles. The number of nitrogens with one attached hydrogen (secondary N) is 1. The van der Waals surface area contributed by atoms with Crippen molar-refractivity contribution >= 4 is 33.0 Å². The van der Waals surface area contributed by atoms with E-state index in [2.05, 4.69) is 5.32 Å². The number of ether oxygens (including phenoxy) is 1. The van der Waals surface area contributed by atoms with Crippen LogP contribution in [-0.2, 0) is 4.74 Å². The summed E-state index contributed by atoms with van der Waals surface area (Å²) in [4.78, 5) is 12.5. The maximum atomic E-state index is 13.5. The average Bonchev–Trinajstić information content (AvgIpc) is 2.77. The molecular weight excluding hydrogens is 419 g/mol. The molecule has 0 unspecified atom stereocenters. The van der Waals surface area contributed by atoms with E-state index in [4.69, 9.17) is 4.74 Å². The van der Waals surface area contributed by atoms with E-state index in [-0.39, 0.29) is 23.8 Å². The molecule has 2 N–H and O–H groups in total. The van der Waals surface area contributed by atoms with Crippen molar-refractivity contribution in [3.05, 3.63) is 53.6 Å². The molecule has 2 bridgehead atoms. The van der Waals surface area contributed by atoms with Crippen LogP contribution in [0.25, 0.3) is 21.5 Å². The molecule has 0 radical (unpaired) electrons. The van der Waals surface area contributed by atoms with Crippen LogP contribution < -0.4 is 5.32 Å². The minimum Gasteiger partial charge on any atom is -0.387 e. The molecule has 168 valence electrons. The summed E-state index contributed by atoms with van der Waals surface area (Å²) >= 11 is 0. The van der Waals surface area contributed by atoms with E-state index in [1.807, 2.05) is 37.3 Å². The first kappa shape index (κ1) is 21.2. The molecule has 0 amide bonds. The van der Waals surface area contributed by atoms with Crippen LogP contribution in [0.4, 0.5) is 18.9 Å². The number of carbonyl (C=O) groups is 1. The molecule has 3 atom stereocenters. The lowest BCUT2D eigenvalue weighted by molar-refractivity contribution is -0.133. The quantitative estimate of drug-likeness (QED) is 0.389. The highest BCUT2D eigenvalue weighted by Gasteiger charge is 2.48. The van der Waals surface area contributed by atoms with Gasteiger partial charge in [-0.25, -0.2) is 0 Å². The van der Waals surface area contributed by atoms with E-state index in [9.17, 15) is 23.1 Å². The number of fused-ring (bicyclic) bond motifs is 7. The van der Waals surface area contributed by atoms with Crippen molar-refractivity contribution in [2.45, 2.75) is 56.5 Å². The van der Waals surface area contributed by atoms with Gasteiger partial charge < -0.3 is 15.2 Å². The third kappa shape index (κ3) is 3.35. The molecule has 2 heterocycles. The molecule has 1 fully saturated rings. The van der Waals surface area contributed by atoms with Gasteiger partial charge in [-0.3, -0.25) is 4.79 Å². The molecular formula is C25H24F3NO3. The second-order valence-corrected chi connectivity index (χ2v) is 8.90. The topological polar surface area (TPSA) is 58.6 Å². The SMILES string of the molecule is CCCC[C@]1(O)CO[C@@H]2C[C@H]1c1cc(C(=O)C(F)(F)F)c3cc4ccccc4cc3c1N2. The van der Waals surface area contributed by atoms with E-state index in [0.717, 1.165) is 23.6 Å². The van der Waals surface area contributed by atoms with Gasteiger partial charge in [-0.1, -0.05) is 44.0 Å². The van der Waals surface area contributed by atoms with Crippen LogP contribution >= 0.6 is 0 Å². The number of hydrogen-bond donors (Lipinski definition) is 2. The molecule has 32 heavy (non-hydrogen) atoms. The van der Waals surface area contributed by atoms with Crippen molar-refractivity contribution in [1.29, 1.82) is 0 Å². The number of alkyl halides is 3. The number of ketones is 1. The Labute approximate surface area is 183 Å². The van der Waals surface area contributed by atoms with Crippen molar-refractivity contribution in [2.24, 2.45) is 0 Å². The zero-order chi connectivity index (χ0) is 22.7. The Morgan fingerprint density at radius 2 is 1.88 bits per heavy atom. The van der Waals surface area contributed by atoms with Crippen molar-refractivity contribution in [3.8, 4) is 0 Å². The molecule has 3 aromatic rings. The van der Waals surface area contributed by atoms with Crippen LogP contribution in [0.3, 0.4) is 0 Å². The Kier molecular flexibility index (Phi) is 4.94. The Balaban J connectivity index is 1.80. The number of halogens is 3. The third-order valence-corrected chi connectivity index (χ3v) is 6.81. The number of Topliss-reactive ketones (excluding diaryl/α,β-unsaturated/α-hetero) is 1. The molecule has 0 saturated carbocycles. The Hall–Kier alpha value is -2.64. The maximum Gasteiger partial charge on any atom is 0.454 e. The second kappa shape index (κ2) is 7.46. The number of carbonyl (C=O) groups excluding carboxylic acids is 1. The molecule has 2 aliphatic rings. The lowest BCUT2D eigenvalue weighted by Crippen LogP contribution is -2.52. The fourth-order valence-electron chi connectivity index (χ4n) is 5.16. The smallest absolute Gasteiger partial charge is 0.387 e. The first-order valence-electron chi connectivity index (χ1n) is 10.9. The van der Waals surface area contributed by atoms with Crippen molar-refractivity contribution < 1.29 is 27.8 Å². The van der Waals surface area contributed by atoms with Gasteiger partial charge in [0.2, 0.25) is 0 Å². The summed E-state index contributed by atoms with van der Waals surface area (Å²) in [6, 6.07) is 12.2. The van der Waals surface area contributed by atoms with E-state index in [1.165, 1.54) is 6.07 Å². The zero-order valence-corrected chi connectivity index (χ0v) is 17.6. The van der Waals surface area contributed by atoms with Crippen LogP contribution in [0, 0.1) is 0 Å². The number of aliphatic hydroxyl groups is 1. The number of benzene rings is 3. The van der Waals surface area contributed by atoms with Gasteiger partial charge in [-0.2, -0.15) is 13.2 Å². The highest BCUT2D eigenvalue weighted by atomic mass is 19.4. The highest BCUT2D eigenvalue weighted by Crippen LogP contribution is 2.50. The van der Waals surface area contributed by atoms with Crippen LogP contribution in [0.1, 0.15) is 54.4 Å². The van der Waals surface area contributed by atoms with Crippen molar-refractivity contribution in [2.75, 3.05) is 11.9 Å². The Bertz CT molecular complexity index is 1220. The number of anilines is 1. The lowest BCUT2D eigenvalue weighted by atomic mass is 9.72. The summed E-state index contributed by atoms with van der Waals surface area (Å²) in [5, 5.41) is 17.1. The standard InChI is InChI=1S/C25H24F3NO3/c1-2-3-8-24(31)13-32-21-12-20(24)19-11-18(23(30)25(26,27)28)16-9-14-6-4-5-7-15(14)10-17(16)22(19)29-21/h4-7,9-11,20-21,29,31H,2-3,8,12-13H2,1H3/t20-,21+,24-/m0/s1. The summed E-state index contributed by atoms with van der Waals surface area (Å²) < 4.78 is 46.5. The first-order chi connectivity index (χ1) is 15.2. The van der Waals surface area contributed by atoms with E-state index < -0.39 is 23.5 Å². The van der Waals surface area contributed by atoms with Gasteiger partial charge >= 0.3 is 6.18 Å². The largest absolute Gasteiger partial charge is 0.454 e. The maximum absolute atomic E-state index is 13.5. The fourth-order valence-corrected chi connectivity index (χ4v) is 5.16. The number of unbranched alkanes of at least 4 members (excludes halogenated alkanes) is 1. The summed E-state index contributed by atoms with van der Waals surface area (Å²) in [5.74, 6) is -2.29. The van der Waals surface area contributed by atoms with Gasteiger partial charge in [-0.05, 0) is 46.3 Å². The number of hydrogen-bond acceptors (Lipinski definition) is 4. The molecule has 4 nitrogen and oxygen atoms in total. The molecule has 0 spiro atoms. The molecule has 5 rings (SSSR count). The predicted octanol–water partition coefficient (Wildman–Crippen LogP) is 5.91. The highest BCUT2D eigenvalue weighted by molar-refractivity contribution is 6.17. The lowest BCUT2D eigenvalue weighted by Gasteiger charge is -2.48. The van der Waals surface area contributed by atoms with E-state index in [0.29, 0.717) is 29.5 Å². The van der Waals surface area contributed by atoms with Gasteiger partial charge in [-0.15, -0.1) is 0 Å². The van der Waals surface area contributed by atoms with Crippen LogP contribution in [-0.4, -0.2) is 35.5 Å². The molecule has 3 aromatic carbocycles. The van der Waals surface area contributed by atoms with Crippen molar-refractivity contribution in [1.82, 2.24) is 0 Å². The minimum absolute atomic E-state index is 0.104. The second-order valence-electron chi connectivity index (χ2n) is 8.90. The minimum atomic E-state index is -4.99. The Morgan fingerprint density at radius 3 is 2.53 bits per heavy atom. The molecule has 7 heteroatoms. The van der Waals surface area contributed by atoms with Gasteiger partial charge in [0.1, 0.15) is 6.23 Å². The summed E-state index contributed by atoms with van der Waals surface area (Å²) in [6.45, 7) is 2.12. The van der Waals surface area contributed by atoms with E-state index >= 15 is 0 Å². The normalized spacial score (nSPS) is 24.9. The van der Waals surface area contributed by atoms with E-state index in [1.54, 1.807) is 6.07 Å². The predicted molar refractivity (Wildman–Crippen MR) is 117 cm³/mol. The first-order valence-corrected chi connectivity index (χ1v) is 10.9. The monoisotopic (exact) mass is 443 g/mol. The van der Waals surface area contributed by atoms with Crippen LogP contribution in [0.2, 0.25) is 0 Å².